The highest BCUT2D eigenvalue weighted by molar-refractivity contribution is 6.29. The molecule has 0 radical (unpaired) electrons. The smallest absolute Gasteiger partial charge is 0.333 e. The van der Waals surface area contributed by atoms with Gasteiger partial charge < -0.3 is 4.84 Å². The minimum atomic E-state index is -0.999. The number of aromatic nitrogens is 2. The monoisotopic (exact) mass is 573 g/mol. The number of benzene rings is 3. The lowest BCUT2D eigenvalue weighted by Crippen LogP contribution is -2.59. The first kappa shape index (κ1) is 27.1. The molecule has 1 aliphatic rings. The number of halogens is 1. The number of rotatable bonds is 8. The van der Waals surface area contributed by atoms with Crippen LogP contribution in [0.1, 0.15) is 33.0 Å². The fourth-order valence-electron chi connectivity index (χ4n) is 4.96. The van der Waals surface area contributed by atoms with Crippen LogP contribution in [0.4, 0.5) is 5.82 Å². The molecule has 5 aromatic rings. The minimum Gasteiger partial charge on any atom is -0.391 e. The summed E-state index contributed by atoms with van der Waals surface area (Å²) in [5.41, 5.74) is 5.13. The molecule has 1 atom stereocenters. The molecule has 7 nitrogen and oxygen atoms in total. The highest BCUT2D eigenvalue weighted by atomic mass is 35.5. The van der Waals surface area contributed by atoms with Crippen molar-refractivity contribution < 1.29 is 19.0 Å². The van der Waals surface area contributed by atoms with Gasteiger partial charge in [-0.05, 0) is 52.1 Å². The molecule has 206 valence electrons. The van der Waals surface area contributed by atoms with Crippen LogP contribution in [0.5, 0.6) is 0 Å². The van der Waals surface area contributed by atoms with Crippen LogP contribution in [0.3, 0.4) is 0 Å². The molecule has 1 amide bonds. The van der Waals surface area contributed by atoms with Gasteiger partial charge >= 0.3 is 11.8 Å². The minimum absolute atomic E-state index is 0.254. The summed E-state index contributed by atoms with van der Waals surface area (Å²) in [6.45, 7) is 0.638. The Morgan fingerprint density at radius 2 is 1.64 bits per heavy atom. The quantitative estimate of drug-likeness (QED) is 0.0727. The van der Waals surface area contributed by atoms with Gasteiger partial charge in [0.15, 0.2) is 5.92 Å². The third-order valence-corrected chi connectivity index (χ3v) is 7.26. The Kier molecular flexibility index (Phi) is 7.83. The largest absolute Gasteiger partial charge is 0.391 e. The zero-order valence-corrected chi connectivity index (χ0v) is 23.3. The first-order chi connectivity index (χ1) is 20.6. The standard InChI is InChI=1S/C34H26ClN4O3/c35-30-16-15-26(20-36-30)22-39-31-14-4-5-17-38(31)33(40)32(34(39)41)29-13-7-12-28(19-29)27-11-6-10-25(18-27)21-37-42-23-24-8-2-1-3-9-24/h1-21,32H,22-23H2/q+1/b37-21+. The van der Waals surface area contributed by atoms with Gasteiger partial charge in [0.05, 0.1) is 12.4 Å². The Bertz CT molecular complexity index is 1770. The van der Waals surface area contributed by atoms with E-state index >= 15 is 0 Å². The highest BCUT2D eigenvalue weighted by Crippen LogP contribution is 2.31. The van der Waals surface area contributed by atoms with E-state index in [2.05, 4.69) is 10.1 Å². The van der Waals surface area contributed by atoms with Crippen LogP contribution >= 0.6 is 11.6 Å². The second-order valence-corrected chi connectivity index (χ2v) is 10.2. The molecule has 0 spiro atoms. The van der Waals surface area contributed by atoms with Crippen LogP contribution in [0.25, 0.3) is 11.1 Å². The van der Waals surface area contributed by atoms with Crippen molar-refractivity contribution in [1.29, 1.82) is 0 Å². The van der Waals surface area contributed by atoms with Crippen molar-refractivity contribution >= 4 is 35.4 Å². The summed E-state index contributed by atoms with van der Waals surface area (Å²) < 4.78 is 1.54. The molecule has 6 rings (SSSR count). The molecule has 0 aliphatic carbocycles. The second kappa shape index (κ2) is 12.2. The summed E-state index contributed by atoms with van der Waals surface area (Å²) in [4.78, 5) is 38.8. The van der Waals surface area contributed by atoms with Crippen molar-refractivity contribution in [2.75, 3.05) is 4.90 Å². The normalized spacial score (nSPS) is 14.7. The van der Waals surface area contributed by atoms with Gasteiger partial charge in [-0.25, -0.2) is 14.6 Å². The number of fused-ring (bicyclic) bond motifs is 1. The Labute approximate surface area is 248 Å². The molecule has 3 aromatic carbocycles. The zero-order chi connectivity index (χ0) is 28.9. The van der Waals surface area contributed by atoms with Gasteiger partial charge in [0.25, 0.3) is 5.82 Å². The average Bonchev–Trinajstić information content (AvgIpc) is 3.03. The van der Waals surface area contributed by atoms with E-state index < -0.39 is 5.92 Å². The molecule has 0 fully saturated rings. The van der Waals surface area contributed by atoms with E-state index in [1.165, 1.54) is 4.57 Å². The van der Waals surface area contributed by atoms with Crippen LogP contribution < -0.4 is 9.47 Å². The van der Waals surface area contributed by atoms with Crippen molar-refractivity contribution in [3.05, 3.63) is 149 Å². The zero-order valence-electron chi connectivity index (χ0n) is 22.5. The lowest BCUT2D eigenvalue weighted by atomic mass is 9.91. The number of hydrogen-bond donors (Lipinski definition) is 0. The predicted molar refractivity (Wildman–Crippen MR) is 161 cm³/mol. The molecule has 0 N–H and O–H groups in total. The van der Waals surface area contributed by atoms with Gasteiger partial charge in [0.2, 0.25) is 0 Å². The summed E-state index contributed by atoms with van der Waals surface area (Å²) in [5, 5.41) is 4.49. The molecule has 8 heteroatoms. The fourth-order valence-corrected chi connectivity index (χ4v) is 5.07. The van der Waals surface area contributed by atoms with Crippen molar-refractivity contribution in [1.82, 2.24) is 4.98 Å². The van der Waals surface area contributed by atoms with Gasteiger partial charge in [0, 0.05) is 17.8 Å². The molecule has 3 heterocycles. The molecular weight excluding hydrogens is 548 g/mol. The van der Waals surface area contributed by atoms with E-state index in [0.29, 0.717) is 23.1 Å². The van der Waals surface area contributed by atoms with Gasteiger partial charge in [-0.1, -0.05) is 95.6 Å². The number of amides is 1. The number of anilines is 1. The molecule has 1 aliphatic heterocycles. The van der Waals surface area contributed by atoms with Gasteiger partial charge in [-0.2, -0.15) is 9.47 Å². The summed E-state index contributed by atoms with van der Waals surface area (Å²) >= 11 is 5.96. The third-order valence-electron chi connectivity index (χ3n) is 7.03. The van der Waals surface area contributed by atoms with E-state index in [9.17, 15) is 9.59 Å². The Morgan fingerprint density at radius 3 is 2.45 bits per heavy atom. The summed E-state index contributed by atoms with van der Waals surface area (Å²) in [5.74, 6) is -1.08. The number of pyridine rings is 2. The fraction of sp³-hybridized carbons (Fsp3) is 0.0882. The molecular formula is C34H26ClN4O3+. The summed E-state index contributed by atoms with van der Waals surface area (Å²) in [7, 11) is 0. The van der Waals surface area contributed by atoms with Gasteiger partial charge in [0.1, 0.15) is 18.3 Å². The molecule has 0 saturated carbocycles. The Balaban J connectivity index is 1.26. The second-order valence-electron chi connectivity index (χ2n) is 9.86. The molecule has 0 saturated heterocycles. The van der Waals surface area contributed by atoms with Crippen molar-refractivity contribution in [3.63, 3.8) is 0 Å². The molecule has 42 heavy (non-hydrogen) atoms. The molecule has 1 unspecified atom stereocenters. The number of carbonyl (C=O) groups excluding carboxylic acids is 2. The van der Waals surface area contributed by atoms with E-state index in [4.69, 9.17) is 16.4 Å². The van der Waals surface area contributed by atoms with Gasteiger partial charge in [-0.15, -0.1) is 0 Å². The van der Waals surface area contributed by atoms with Gasteiger partial charge in [-0.3, -0.25) is 0 Å². The topological polar surface area (TPSA) is 75.7 Å². The van der Waals surface area contributed by atoms with Crippen LogP contribution in [0, 0.1) is 0 Å². The number of carbonyl (C=O) groups is 2. The molecule has 0 bridgehead atoms. The van der Waals surface area contributed by atoms with Crippen molar-refractivity contribution in [3.8, 4) is 11.1 Å². The number of hydrogen-bond acceptors (Lipinski definition) is 5. The van der Waals surface area contributed by atoms with E-state index in [1.807, 2.05) is 91.0 Å². The first-order valence-corrected chi connectivity index (χ1v) is 13.8. The van der Waals surface area contributed by atoms with Crippen LogP contribution in [-0.2, 0) is 22.8 Å². The average molecular weight is 574 g/mol. The van der Waals surface area contributed by atoms with Crippen LogP contribution in [-0.4, -0.2) is 23.0 Å². The van der Waals surface area contributed by atoms with Crippen molar-refractivity contribution in [2.24, 2.45) is 5.16 Å². The maximum absolute atomic E-state index is 13.9. The SMILES string of the molecule is O=C1C(c2cccc(-c3cccc(/C=N/OCc4ccccc4)c3)c2)C(=O)[n+]2ccccc2N1Cc1ccc(Cl)nc1. The first-order valence-electron chi connectivity index (χ1n) is 13.4. The van der Waals surface area contributed by atoms with E-state index in [-0.39, 0.29) is 18.4 Å². The van der Waals surface area contributed by atoms with Crippen LogP contribution in [0.2, 0.25) is 5.15 Å². The molecule has 2 aromatic heterocycles. The van der Waals surface area contributed by atoms with E-state index in [0.717, 1.165) is 27.8 Å². The van der Waals surface area contributed by atoms with Crippen LogP contribution in [0.15, 0.2) is 127 Å². The van der Waals surface area contributed by atoms with Crippen molar-refractivity contribution in [2.45, 2.75) is 19.1 Å². The lowest BCUT2D eigenvalue weighted by Gasteiger charge is -2.26. The summed E-state index contributed by atoms with van der Waals surface area (Å²) in [6, 6.07) is 34.1. The predicted octanol–water partition coefficient (Wildman–Crippen LogP) is 6.21. The Hall–Kier alpha value is -5.14. The third kappa shape index (κ3) is 5.82. The lowest BCUT2D eigenvalue weighted by molar-refractivity contribution is -0.563. The number of nitrogens with zero attached hydrogens (tertiary/aromatic N) is 4. The maximum Gasteiger partial charge on any atom is 0.333 e. The highest BCUT2D eigenvalue weighted by Gasteiger charge is 2.47. The number of oxime groups is 1. The maximum atomic E-state index is 13.9. The van der Waals surface area contributed by atoms with E-state index in [1.54, 1.807) is 41.7 Å². The Morgan fingerprint density at radius 1 is 0.857 bits per heavy atom. The summed E-state index contributed by atoms with van der Waals surface area (Å²) in [6.07, 6.45) is 5.00.